The Bertz CT molecular complexity index is 1060. The van der Waals surface area contributed by atoms with Gasteiger partial charge in [0, 0.05) is 12.3 Å². The van der Waals surface area contributed by atoms with Gasteiger partial charge in [-0.1, -0.05) is 6.07 Å². The number of methoxy groups -OCH3 is 1. The largest absolute Gasteiger partial charge is 0.497 e. The number of esters is 1. The lowest BCUT2D eigenvalue weighted by molar-refractivity contribution is 0.0528. The van der Waals surface area contributed by atoms with E-state index in [0.29, 0.717) is 17.0 Å². The average molecular weight is 375 g/mol. The van der Waals surface area contributed by atoms with Gasteiger partial charge in [-0.2, -0.15) is 5.10 Å². The molecule has 0 aliphatic heterocycles. The summed E-state index contributed by atoms with van der Waals surface area (Å²) in [4.78, 5) is 12.0. The third kappa shape index (κ3) is 3.47. The Morgan fingerprint density at radius 1 is 1.27 bits per heavy atom. The second kappa shape index (κ2) is 7.04. The van der Waals surface area contributed by atoms with Crippen molar-refractivity contribution in [3.63, 3.8) is 0 Å². The fourth-order valence-electron chi connectivity index (χ4n) is 2.39. The fraction of sp³-hybridized carbons (Fsp3) is 0.176. The number of anilines is 1. The summed E-state index contributed by atoms with van der Waals surface area (Å²) in [6, 6.07) is 9.20. The van der Waals surface area contributed by atoms with Gasteiger partial charge in [0.2, 0.25) is 0 Å². The number of carbonyl (C=O) groups excluding carboxylic acids is 1. The highest BCUT2D eigenvalue weighted by molar-refractivity contribution is 7.92. The van der Waals surface area contributed by atoms with E-state index in [4.69, 9.17) is 9.47 Å². The molecule has 0 fully saturated rings. The highest BCUT2D eigenvalue weighted by Crippen LogP contribution is 2.22. The summed E-state index contributed by atoms with van der Waals surface area (Å²) in [5.74, 6) is -0.0842. The zero-order valence-corrected chi connectivity index (χ0v) is 15.0. The third-order valence-corrected chi connectivity index (χ3v) is 5.00. The SMILES string of the molecule is CCOC(=O)c1cnn2ccc(NS(=O)(=O)c3cccc(OC)c3)cc12. The van der Waals surface area contributed by atoms with Gasteiger partial charge in [-0.25, -0.2) is 17.7 Å². The molecule has 1 aromatic carbocycles. The molecule has 0 amide bonds. The minimum Gasteiger partial charge on any atom is -0.497 e. The zero-order valence-electron chi connectivity index (χ0n) is 14.2. The van der Waals surface area contributed by atoms with Crippen LogP contribution in [0.2, 0.25) is 0 Å². The zero-order chi connectivity index (χ0) is 18.7. The van der Waals surface area contributed by atoms with Crippen molar-refractivity contribution in [2.75, 3.05) is 18.4 Å². The van der Waals surface area contributed by atoms with Crippen LogP contribution in [-0.4, -0.2) is 37.7 Å². The summed E-state index contributed by atoms with van der Waals surface area (Å²) in [5.41, 5.74) is 0.995. The molecule has 9 heteroatoms. The standard InChI is InChI=1S/C17H17N3O5S/c1-3-25-17(21)15-11-18-20-8-7-12(9-16(15)20)19-26(22,23)14-6-4-5-13(10-14)24-2/h4-11,19H,3H2,1-2H3. The van der Waals surface area contributed by atoms with Crippen molar-refractivity contribution in [1.29, 1.82) is 0 Å². The molecule has 0 aliphatic carbocycles. The molecule has 0 bridgehead atoms. The predicted octanol–water partition coefficient (Wildman–Crippen LogP) is 2.32. The van der Waals surface area contributed by atoms with Gasteiger partial charge in [0.15, 0.2) is 0 Å². The van der Waals surface area contributed by atoms with Gasteiger partial charge in [0.25, 0.3) is 10.0 Å². The van der Waals surface area contributed by atoms with Crippen molar-refractivity contribution < 1.29 is 22.7 Å². The lowest BCUT2D eigenvalue weighted by Crippen LogP contribution is -2.13. The fourth-order valence-corrected chi connectivity index (χ4v) is 3.48. The van der Waals surface area contributed by atoms with Gasteiger partial charge >= 0.3 is 5.97 Å². The summed E-state index contributed by atoms with van der Waals surface area (Å²) in [6.45, 7) is 1.94. The van der Waals surface area contributed by atoms with Crippen molar-refractivity contribution in [2.45, 2.75) is 11.8 Å². The van der Waals surface area contributed by atoms with Crippen LogP contribution < -0.4 is 9.46 Å². The van der Waals surface area contributed by atoms with E-state index in [9.17, 15) is 13.2 Å². The quantitative estimate of drug-likeness (QED) is 0.664. The Kier molecular flexibility index (Phi) is 4.81. The number of ether oxygens (including phenoxy) is 2. The van der Waals surface area contributed by atoms with Gasteiger partial charge in [0.1, 0.15) is 11.3 Å². The molecule has 0 saturated heterocycles. The highest BCUT2D eigenvalue weighted by atomic mass is 32.2. The molecule has 8 nitrogen and oxygen atoms in total. The Labute approximate surface area is 150 Å². The molecule has 0 aliphatic rings. The summed E-state index contributed by atoms with van der Waals surface area (Å²) in [6.07, 6.45) is 2.94. The van der Waals surface area contributed by atoms with Crippen molar-refractivity contribution >= 4 is 27.2 Å². The van der Waals surface area contributed by atoms with E-state index in [0.717, 1.165) is 0 Å². The Morgan fingerprint density at radius 2 is 2.08 bits per heavy atom. The number of nitrogens with one attached hydrogen (secondary N) is 1. The summed E-state index contributed by atoms with van der Waals surface area (Å²) in [5, 5.41) is 4.06. The van der Waals surface area contributed by atoms with Crippen LogP contribution in [0.1, 0.15) is 17.3 Å². The molecule has 3 rings (SSSR count). The highest BCUT2D eigenvalue weighted by Gasteiger charge is 2.18. The van der Waals surface area contributed by atoms with Gasteiger partial charge in [0.05, 0.1) is 36.0 Å². The molecule has 1 N–H and O–H groups in total. The normalized spacial score (nSPS) is 11.3. The first-order valence-corrected chi connectivity index (χ1v) is 9.24. The van der Waals surface area contributed by atoms with E-state index in [-0.39, 0.29) is 17.1 Å². The Balaban J connectivity index is 1.95. The van der Waals surface area contributed by atoms with Crippen LogP contribution in [0.3, 0.4) is 0 Å². The number of benzene rings is 1. The first kappa shape index (κ1) is 17.7. The van der Waals surface area contributed by atoms with E-state index in [1.807, 2.05) is 0 Å². The van der Waals surface area contributed by atoms with Crippen LogP contribution in [-0.2, 0) is 14.8 Å². The maximum absolute atomic E-state index is 12.6. The van der Waals surface area contributed by atoms with Crippen LogP contribution >= 0.6 is 0 Å². The van der Waals surface area contributed by atoms with Crippen molar-refractivity contribution in [3.05, 3.63) is 54.4 Å². The summed E-state index contributed by atoms with van der Waals surface area (Å²) < 4.78 is 39.2. The molecule has 0 spiro atoms. The number of carbonyl (C=O) groups is 1. The predicted molar refractivity (Wildman–Crippen MR) is 95.0 cm³/mol. The summed E-state index contributed by atoms with van der Waals surface area (Å²) >= 11 is 0. The Morgan fingerprint density at radius 3 is 2.81 bits per heavy atom. The molecular formula is C17H17N3O5S. The third-order valence-electron chi connectivity index (χ3n) is 3.62. The molecule has 0 unspecified atom stereocenters. The van der Waals surface area contributed by atoms with E-state index in [2.05, 4.69) is 9.82 Å². The van der Waals surface area contributed by atoms with E-state index in [1.54, 1.807) is 31.3 Å². The second-order valence-electron chi connectivity index (χ2n) is 5.31. The molecule has 0 saturated carbocycles. The molecule has 0 radical (unpaired) electrons. The molecule has 2 heterocycles. The molecule has 3 aromatic rings. The number of pyridine rings is 1. The van der Waals surface area contributed by atoms with Crippen molar-refractivity contribution in [3.8, 4) is 5.75 Å². The number of nitrogens with zero attached hydrogens (tertiary/aromatic N) is 2. The number of aromatic nitrogens is 2. The van der Waals surface area contributed by atoms with E-state index in [1.165, 1.54) is 36.0 Å². The second-order valence-corrected chi connectivity index (χ2v) is 6.99. The van der Waals surface area contributed by atoms with Crippen molar-refractivity contribution in [1.82, 2.24) is 9.61 Å². The number of hydrogen-bond donors (Lipinski definition) is 1. The van der Waals surface area contributed by atoms with E-state index >= 15 is 0 Å². The first-order chi connectivity index (χ1) is 12.4. The van der Waals surface area contributed by atoms with Gasteiger partial charge < -0.3 is 9.47 Å². The lowest BCUT2D eigenvalue weighted by Gasteiger charge is -2.10. The molecular weight excluding hydrogens is 358 g/mol. The molecule has 26 heavy (non-hydrogen) atoms. The van der Waals surface area contributed by atoms with Gasteiger partial charge in [-0.3, -0.25) is 4.72 Å². The topological polar surface area (TPSA) is 99.0 Å². The molecule has 2 aromatic heterocycles. The smallest absolute Gasteiger partial charge is 0.341 e. The van der Waals surface area contributed by atoms with Crippen LogP contribution in [0.15, 0.2) is 53.7 Å². The molecule has 0 atom stereocenters. The van der Waals surface area contributed by atoms with Crippen LogP contribution in [0.4, 0.5) is 5.69 Å². The number of fused-ring (bicyclic) bond motifs is 1. The minimum absolute atomic E-state index is 0.0656. The van der Waals surface area contributed by atoms with Gasteiger partial charge in [-0.15, -0.1) is 0 Å². The van der Waals surface area contributed by atoms with Crippen LogP contribution in [0, 0.1) is 0 Å². The Hall–Kier alpha value is -3.07. The van der Waals surface area contributed by atoms with Gasteiger partial charge in [-0.05, 0) is 31.2 Å². The number of hydrogen-bond acceptors (Lipinski definition) is 6. The number of sulfonamides is 1. The summed E-state index contributed by atoms with van der Waals surface area (Å²) in [7, 11) is -2.35. The average Bonchev–Trinajstić information content (AvgIpc) is 3.05. The van der Waals surface area contributed by atoms with Crippen LogP contribution in [0.25, 0.3) is 5.52 Å². The minimum atomic E-state index is -3.82. The maximum Gasteiger partial charge on any atom is 0.341 e. The van der Waals surface area contributed by atoms with Crippen LogP contribution in [0.5, 0.6) is 5.75 Å². The monoisotopic (exact) mass is 375 g/mol. The first-order valence-electron chi connectivity index (χ1n) is 7.76. The van der Waals surface area contributed by atoms with E-state index < -0.39 is 16.0 Å². The maximum atomic E-state index is 12.6. The van der Waals surface area contributed by atoms with Crippen molar-refractivity contribution in [2.24, 2.45) is 0 Å². The number of rotatable bonds is 6. The molecule has 136 valence electrons. The lowest BCUT2D eigenvalue weighted by atomic mass is 10.2.